The lowest BCUT2D eigenvalue weighted by atomic mass is 9.90. The fourth-order valence-electron chi connectivity index (χ4n) is 2.14. The first-order valence-electron chi connectivity index (χ1n) is 6.52. The second-order valence-corrected chi connectivity index (χ2v) is 4.92. The fourth-order valence-corrected chi connectivity index (χ4v) is 2.14. The topological polar surface area (TPSA) is 73.6 Å². The van der Waals surface area contributed by atoms with Crippen LogP contribution in [-0.4, -0.2) is 31.8 Å². The highest BCUT2D eigenvalue weighted by atomic mass is 35.5. The molecule has 0 unspecified atom stereocenters. The summed E-state index contributed by atoms with van der Waals surface area (Å²) >= 11 is 0. The monoisotopic (exact) mass is 318 g/mol. The average Bonchev–Trinajstić information content (AvgIpc) is 2.45. The number of carbonyl (C=O) groups excluding carboxylic acids is 1. The van der Waals surface area contributed by atoms with Crippen molar-refractivity contribution >= 4 is 18.3 Å². The SMILES string of the molecule is COc1ccc(CNC(=O)C2(N)CCOCC2)cc1F.Cl. The first-order valence-corrected chi connectivity index (χ1v) is 6.52. The van der Waals surface area contributed by atoms with Gasteiger partial charge in [0.1, 0.15) is 0 Å². The number of methoxy groups -OCH3 is 1. The molecule has 0 saturated carbocycles. The molecule has 1 aliphatic heterocycles. The maximum absolute atomic E-state index is 13.5. The summed E-state index contributed by atoms with van der Waals surface area (Å²) in [5, 5.41) is 2.75. The average molecular weight is 319 g/mol. The number of hydrogen-bond acceptors (Lipinski definition) is 4. The normalized spacial score (nSPS) is 16.7. The largest absolute Gasteiger partial charge is 0.494 e. The minimum absolute atomic E-state index is 0. The molecular formula is C14H20ClFN2O3. The number of hydrogen-bond donors (Lipinski definition) is 2. The molecule has 1 aliphatic rings. The van der Waals surface area contributed by atoms with E-state index >= 15 is 0 Å². The van der Waals surface area contributed by atoms with Crippen molar-refractivity contribution in [2.45, 2.75) is 24.9 Å². The molecule has 3 N–H and O–H groups in total. The van der Waals surface area contributed by atoms with Gasteiger partial charge in [0.15, 0.2) is 11.6 Å². The summed E-state index contributed by atoms with van der Waals surface area (Å²) in [5.41, 5.74) is 5.83. The molecule has 0 radical (unpaired) electrons. The van der Waals surface area contributed by atoms with Crippen molar-refractivity contribution < 1.29 is 18.7 Å². The van der Waals surface area contributed by atoms with Crippen LogP contribution >= 0.6 is 12.4 Å². The van der Waals surface area contributed by atoms with E-state index in [0.717, 1.165) is 0 Å². The molecule has 1 saturated heterocycles. The molecule has 0 atom stereocenters. The zero-order chi connectivity index (χ0) is 14.6. The van der Waals surface area contributed by atoms with Gasteiger partial charge in [-0.2, -0.15) is 0 Å². The molecule has 2 rings (SSSR count). The Balaban J connectivity index is 0.00000220. The fraction of sp³-hybridized carbons (Fsp3) is 0.500. The quantitative estimate of drug-likeness (QED) is 0.879. The number of ether oxygens (including phenoxy) is 2. The lowest BCUT2D eigenvalue weighted by molar-refractivity contribution is -0.129. The summed E-state index contributed by atoms with van der Waals surface area (Å²) in [6.07, 6.45) is 0.992. The van der Waals surface area contributed by atoms with Crippen LogP contribution in [0.2, 0.25) is 0 Å². The predicted molar refractivity (Wildman–Crippen MR) is 79.0 cm³/mol. The first-order chi connectivity index (χ1) is 9.55. The molecule has 0 aromatic heterocycles. The highest BCUT2D eigenvalue weighted by Crippen LogP contribution is 2.19. The van der Waals surface area contributed by atoms with Crippen LogP contribution in [-0.2, 0) is 16.1 Å². The van der Waals surface area contributed by atoms with Gasteiger partial charge in [-0.05, 0) is 30.5 Å². The van der Waals surface area contributed by atoms with Gasteiger partial charge in [0.2, 0.25) is 5.91 Å². The van der Waals surface area contributed by atoms with Gasteiger partial charge in [-0.25, -0.2) is 4.39 Å². The molecule has 1 heterocycles. The van der Waals surface area contributed by atoms with Crippen LogP contribution in [0.5, 0.6) is 5.75 Å². The van der Waals surface area contributed by atoms with Crippen molar-refractivity contribution in [1.29, 1.82) is 0 Å². The Morgan fingerprint density at radius 3 is 2.71 bits per heavy atom. The number of benzene rings is 1. The number of nitrogens with one attached hydrogen (secondary N) is 1. The van der Waals surface area contributed by atoms with Gasteiger partial charge in [-0.1, -0.05) is 6.07 Å². The van der Waals surface area contributed by atoms with Gasteiger partial charge in [0.25, 0.3) is 0 Å². The van der Waals surface area contributed by atoms with E-state index in [2.05, 4.69) is 5.32 Å². The van der Waals surface area contributed by atoms with E-state index in [9.17, 15) is 9.18 Å². The van der Waals surface area contributed by atoms with Crippen LogP contribution < -0.4 is 15.8 Å². The van der Waals surface area contributed by atoms with Gasteiger partial charge in [0.05, 0.1) is 12.6 Å². The Morgan fingerprint density at radius 2 is 2.14 bits per heavy atom. The maximum atomic E-state index is 13.5. The molecule has 1 fully saturated rings. The van der Waals surface area contributed by atoms with Crippen LogP contribution in [0.3, 0.4) is 0 Å². The summed E-state index contributed by atoms with van der Waals surface area (Å²) in [7, 11) is 1.41. The van der Waals surface area contributed by atoms with E-state index in [0.29, 0.717) is 31.6 Å². The highest BCUT2D eigenvalue weighted by molar-refractivity contribution is 5.86. The van der Waals surface area contributed by atoms with Crippen molar-refractivity contribution in [2.75, 3.05) is 20.3 Å². The molecule has 0 spiro atoms. The van der Waals surface area contributed by atoms with Crippen molar-refractivity contribution in [3.8, 4) is 5.75 Å². The van der Waals surface area contributed by atoms with Gasteiger partial charge in [-0.15, -0.1) is 12.4 Å². The lowest BCUT2D eigenvalue weighted by Gasteiger charge is -2.31. The molecule has 7 heteroatoms. The summed E-state index contributed by atoms with van der Waals surface area (Å²) < 4.78 is 23.6. The van der Waals surface area contributed by atoms with E-state index in [4.69, 9.17) is 15.2 Å². The minimum atomic E-state index is -0.886. The van der Waals surface area contributed by atoms with Gasteiger partial charge >= 0.3 is 0 Å². The second-order valence-electron chi connectivity index (χ2n) is 4.92. The van der Waals surface area contributed by atoms with Crippen molar-refractivity contribution in [3.63, 3.8) is 0 Å². The highest BCUT2D eigenvalue weighted by Gasteiger charge is 2.35. The van der Waals surface area contributed by atoms with Crippen LogP contribution in [0.4, 0.5) is 4.39 Å². The number of amides is 1. The third-order valence-electron chi connectivity index (χ3n) is 3.51. The van der Waals surface area contributed by atoms with E-state index in [1.54, 1.807) is 6.07 Å². The van der Waals surface area contributed by atoms with Gasteiger partial charge in [-0.3, -0.25) is 4.79 Å². The Hall–Kier alpha value is -1.37. The predicted octanol–water partition coefficient (Wildman–Crippen LogP) is 1.38. The summed E-state index contributed by atoms with van der Waals surface area (Å²) in [5.74, 6) is -0.496. The van der Waals surface area contributed by atoms with E-state index < -0.39 is 11.4 Å². The Labute approximate surface area is 129 Å². The lowest BCUT2D eigenvalue weighted by Crippen LogP contribution is -2.56. The van der Waals surface area contributed by atoms with E-state index in [-0.39, 0.29) is 30.6 Å². The maximum Gasteiger partial charge on any atom is 0.240 e. The zero-order valence-corrected chi connectivity index (χ0v) is 12.7. The van der Waals surface area contributed by atoms with Crippen LogP contribution in [0.25, 0.3) is 0 Å². The molecule has 5 nitrogen and oxygen atoms in total. The van der Waals surface area contributed by atoms with Gasteiger partial charge < -0.3 is 20.5 Å². The molecule has 0 bridgehead atoms. The smallest absolute Gasteiger partial charge is 0.240 e. The summed E-state index contributed by atoms with van der Waals surface area (Å²) in [6.45, 7) is 1.21. The number of nitrogens with two attached hydrogens (primary N) is 1. The minimum Gasteiger partial charge on any atom is -0.494 e. The number of halogens is 2. The number of rotatable bonds is 4. The van der Waals surface area contributed by atoms with Crippen LogP contribution in [0, 0.1) is 5.82 Å². The second kappa shape index (κ2) is 7.59. The van der Waals surface area contributed by atoms with Crippen LogP contribution in [0.1, 0.15) is 18.4 Å². The molecule has 1 aromatic rings. The standard InChI is InChI=1S/C14H19FN2O3.ClH/c1-19-12-3-2-10(8-11(12)15)9-17-13(18)14(16)4-6-20-7-5-14;/h2-3,8H,4-7,9,16H2,1H3,(H,17,18);1H. The van der Waals surface area contributed by atoms with Crippen LogP contribution in [0.15, 0.2) is 18.2 Å². The molecular weight excluding hydrogens is 299 g/mol. The summed E-state index contributed by atoms with van der Waals surface area (Å²) in [4.78, 5) is 12.1. The molecule has 21 heavy (non-hydrogen) atoms. The Kier molecular flexibility index (Phi) is 6.39. The molecule has 118 valence electrons. The van der Waals surface area contributed by atoms with Gasteiger partial charge in [0, 0.05) is 19.8 Å². The number of carbonyl (C=O) groups is 1. The van der Waals surface area contributed by atoms with E-state index in [1.165, 1.54) is 19.2 Å². The van der Waals surface area contributed by atoms with E-state index in [1.807, 2.05) is 0 Å². The van der Waals surface area contributed by atoms with Crippen molar-refractivity contribution in [2.24, 2.45) is 5.73 Å². The molecule has 1 amide bonds. The Morgan fingerprint density at radius 1 is 1.48 bits per heavy atom. The van der Waals surface area contributed by atoms with Crippen molar-refractivity contribution in [1.82, 2.24) is 5.32 Å². The Bertz CT molecular complexity index is 493. The third kappa shape index (κ3) is 4.30. The first kappa shape index (κ1) is 17.7. The van der Waals surface area contributed by atoms with Crippen molar-refractivity contribution in [3.05, 3.63) is 29.6 Å². The molecule has 1 aromatic carbocycles. The molecule has 0 aliphatic carbocycles. The summed E-state index contributed by atoms with van der Waals surface area (Å²) in [6, 6.07) is 4.57. The third-order valence-corrected chi connectivity index (χ3v) is 3.51. The zero-order valence-electron chi connectivity index (χ0n) is 11.9.